The molecule has 0 bridgehead atoms. The smallest absolute Gasteiger partial charge is 0.165 e. The summed E-state index contributed by atoms with van der Waals surface area (Å²) in [6, 6.07) is 3.46. The summed E-state index contributed by atoms with van der Waals surface area (Å²) in [5, 5.41) is 0. The first-order chi connectivity index (χ1) is 6.54. The molecule has 0 aromatic heterocycles. The van der Waals surface area contributed by atoms with Gasteiger partial charge in [-0.1, -0.05) is 13.8 Å². The second-order valence-corrected chi connectivity index (χ2v) is 4.53. The Bertz CT molecular complexity index is 369. The van der Waals surface area contributed by atoms with Crippen LogP contribution in [0.5, 0.6) is 5.75 Å². The first-order valence-electron chi connectivity index (χ1n) is 4.91. The van der Waals surface area contributed by atoms with Crippen LogP contribution in [-0.2, 0) is 11.8 Å². The molecule has 0 unspecified atom stereocenters. The van der Waals surface area contributed by atoms with Gasteiger partial charge in [0.05, 0.1) is 7.11 Å². The zero-order chi connectivity index (χ0) is 10.3. The minimum atomic E-state index is -0.249. The van der Waals surface area contributed by atoms with Crippen LogP contribution in [0, 0.1) is 5.82 Å². The van der Waals surface area contributed by atoms with Crippen LogP contribution >= 0.6 is 0 Å². The van der Waals surface area contributed by atoms with E-state index in [1.807, 2.05) is 6.07 Å². The number of rotatable bonds is 1. The van der Waals surface area contributed by atoms with Gasteiger partial charge in [0.15, 0.2) is 11.6 Å². The molecule has 1 nitrogen and oxygen atoms in total. The van der Waals surface area contributed by atoms with E-state index in [0.717, 1.165) is 18.4 Å². The van der Waals surface area contributed by atoms with Crippen LogP contribution in [0.4, 0.5) is 4.39 Å². The van der Waals surface area contributed by atoms with Crippen molar-refractivity contribution in [3.8, 4) is 5.75 Å². The quantitative estimate of drug-likeness (QED) is 0.667. The van der Waals surface area contributed by atoms with Gasteiger partial charge in [0, 0.05) is 0 Å². The fraction of sp³-hybridized carbons (Fsp3) is 0.500. The van der Waals surface area contributed by atoms with Gasteiger partial charge < -0.3 is 4.74 Å². The van der Waals surface area contributed by atoms with Gasteiger partial charge in [-0.2, -0.15) is 0 Å². The van der Waals surface area contributed by atoms with Gasteiger partial charge in [-0.25, -0.2) is 4.39 Å². The highest BCUT2D eigenvalue weighted by Gasteiger charge is 2.30. The molecule has 2 heteroatoms. The van der Waals surface area contributed by atoms with E-state index in [4.69, 9.17) is 4.74 Å². The number of ether oxygens (including phenoxy) is 1. The summed E-state index contributed by atoms with van der Waals surface area (Å²) in [5.74, 6) is 0.114. The number of fused-ring (bicyclic) bond motifs is 1. The number of hydrogen-bond acceptors (Lipinski definition) is 1. The molecule has 1 aliphatic rings. The molecule has 76 valence electrons. The third kappa shape index (κ3) is 1.29. The average Bonchev–Trinajstić information content (AvgIpc) is 2.42. The van der Waals surface area contributed by atoms with Gasteiger partial charge in [0.1, 0.15) is 0 Å². The van der Waals surface area contributed by atoms with Gasteiger partial charge in [0.2, 0.25) is 0 Å². The zero-order valence-corrected chi connectivity index (χ0v) is 8.86. The highest BCUT2D eigenvalue weighted by Crippen LogP contribution is 2.40. The standard InChI is InChI=1S/C12H15FO/c1-12(2)5-4-8-6-11(14-3)10(13)7-9(8)12/h6-7H,4-5H2,1-3H3. The van der Waals surface area contributed by atoms with E-state index in [2.05, 4.69) is 13.8 Å². The number of aryl methyl sites for hydroxylation is 1. The summed E-state index contributed by atoms with van der Waals surface area (Å²) in [7, 11) is 1.50. The van der Waals surface area contributed by atoms with Crippen molar-refractivity contribution in [3.05, 3.63) is 29.1 Å². The van der Waals surface area contributed by atoms with E-state index in [0.29, 0.717) is 5.75 Å². The van der Waals surface area contributed by atoms with E-state index in [1.165, 1.54) is 12.7 Å². The maximum Gasteiger partial charge on any atom is 0.165 e. The number of halogens is 1. The van der Waals surface area contributed by atoms with Crippen LogP contribution < -0.4 is 4.74 Å². The van der Waals surface area contributed by atoms with Gasteiger partial charge in [-0.15, -0.1) is 0 Å². The fourth-order valence-corrected chi connectivity index (χ4v) is 2.17. The SMILES string of the molecule is COc1cc2c(cc1F)C(C)(C)CC2. The van der Waals surface area contributed by atoms with Crippen LogP contribution in [0.25, 0.3) is 0 Å². The molecular weight excluding hydrogens is 179 g/mol. The lowest BCUT2D eigenvalue weighted by molar-refractivity contribution is 0.385. The lowest BCUT2D eigenvalue weighted by Gasteiger charge is -2.19. The molecule has 0 heterocycles. The Morgan fingerprint density at radius 1 is 1.36 bits per heavy atom. The van der Waals surface area contributed by atoms with Gasteiger partial charge in [-0.05, 0) is 41.5 Å². The van der Waals surface area contributed by atoms with Crippen LogP contribution in [0.15, 0.2) is 12.1 Å². The van der Waals surface area contributed by atoms with Gasteiger partial charge in [-0.3, -0.25) is 0 Å². The Morgan fingerprint density at radius 3 is 2.71 bits per heavy atom. The summed E-state index contributed by atoms with van der Waals surface area (Å²) in [6.45, 7) is 4.31. The molecule has 0 radical (unpaired) electrons. The molecule has 0 aliphatic heterocycles. The Balaban J connectivity index is 2.55. The Kier molecular flexibility index (Phi) is 2.02. The molecule has 1 aliphatic carbocycles. The maximum atomic E-state index is 13.5. The second-order valence-electron chi connectivity index (χ2n) is 4.53. The predicted molar refractivity (Wildman–Crippen MR) is 54.3 cm³/mol. The monoisotopic (exact) mass is 194 g/mol. The molecule has 14 heavy (non-hydrogen) atoms. The van der Waals surface area contributed by atoms with Crippen molar-refractivity contribution in [1.82, 2.24) is 0 Å². The molecular formula is C12H15FO. The van der Waals surface area contributed by atoms with Crippen LogP contribution in [0.1, 0.15) is 31.4 Å². The summed E-state index contributed by atoms with van der Waals surface area (Å²) in [5.41, 5.74) is 2.48. The summed E-state index contributed by atoms with van der Waals surface area (Å²) in [4.78, 5) is 0. The number of benzene rings is 1. The molecule has 0 spiro atoms. The first kappa shape index (κ1) is 9.50. The second kappa shape index (κ2) is 2.97. The van der Waals surface area contributed by atoms with Crippen molar-refractivity contribution < 1.29 is 9.13 Å². The van der Waals surface area contributed by atoms with Crippen molar-refractivity contribution >= 4 is 0 Å². The van der Waals surface area contributed by atoms with Crippen molar-refractivity contribution in [2.75, 3.05) is 7.11 Å². The maximum absolute atomic E-state index is 13.5. The average molecular weight is 194 g/mol. The van der Waals surface area contributed by atoms with E-state index in [9.17, 15) is 4.39 Å². The first-order valence-corrected chi connectivity index (χ1v) is 4.91. The van der Waals surface area contributed by atoms with Gasteiger partial charge in [0.25, 0.3) is 0 Å². The van der Waals surface area contributed by atoms with E-state index in [-0.39, 0.29) is 11.2 Å². The van der Waals surface area contributed by atoms with E-state index >= 15 is 0 Å². The van der Waals surface area contributed by atoms with Crippen molar-refractivity contribution in [3.63, 3.8) is 0 Å². The minimum Gasteiger partial charge on any atom is -0.494 e. The summed E-state index contributed by atoms with van der Waals surface area (Å²) < 4.78 is 18.4. The lowest BCUT2D eigenvalue weighted by Crippen LogP contribution is -2.12. The number of hydrogen-bond donors (Lipinski definition) is 0. The molecule has 0 N–H and O–H groups in total. The van der Waals surface area contributed by atoms with E-state index in [1.54, 1.807) is 6.07 Å². The lowest BCUT2D eigenvalue weighted by atomic mass is 9.86. The largest absolute Gasteiger partial charge is 0.494 e. The Labute approximate surface area is 83.9 Å². The fourth-order valence-electron chi connectivity index (χ4n) is 2.17. The molecule has 0 saturated heterocycles. The Morgan fingerprint density at radius 2 is 2.07 bits per heavy atom. The third-order valence-electron chi connectivity index (χ3n) is 3.13. The van der Waals surface area contributed by atoms with E-state index < -0.39 is 0 Å². The van der Waals surface area contributed by atoms with Gasteiger partial charge >= 0.3 is 0 Å². The van der Waals surface area contributed by atoms with Crippen molar-refractivity contribution in [1.29, 1.82) is 0 Å². The van der Waals surface area contributed by atoms with Crippen LogP contribution in [0.2, 0.25) is 0 Å². The van der Waals surface area contributed by atoms with Crippen molar-refractivity contribution in [2.45, 2.75) is 32.1 Å². The molecule has 0 amide bonds. The molecule has 0 atom stereocenters. The molecule has 1 aromatic carbocycles. The Hall–Kier alpha value is -1.05. The van der Waals surface area contributed by atoms with Crippen molar-refractivity contribution in [2.24, 2.45) is 0 Å². The molecule has 2 rings (SSSR count). The highest BCUT2D eigenvalue weighted by atomic mass is 19.1. The third-order valence-corrected chi connectivity index (χ3v) is 3.13. The molecule has 1 aromatic rings. The zero-order valence-electron chi connectivity index (χ0n) is 8.86. The van der Waals surface area contributed by atoms with Crippen LogP contribution in [-0.4, -0.2) is 7.11 Å². The van der Waals surface area contributed by atoms with Crippen LogP contribution in [0.3, 0.4) is 0 Å². The minimum absolute atomic E-state index is 0.114. The molecule has 0 fully saturated rings. The summed E-state index contributed by atoms with van der Waals surface area (Å²) >= 11 is 0. The predicted octanol–water partition coefficient (Wildman–Crippen LogP) is 3.06. The highest BCUT2D eigenvalue weighted by molar-refractivity contribution is 5.44. The normalized spacial score (nSPS) is 18.0. The topological polar surface area (TPSA) is 9.23 Å². The molecule has 0 saturated carbocycles. The number of methoxy groups -OCH3 is 1. The summed E-state index contributed by atoms with van der Waals surface area (Å²) in [6.07, 6.45) is 2.12.